The molecule has 0 bridgehead atoms. The van der Waals surface area contributed by atoms with Gasteiger partial charge in [-0.2, -0.15) is 17.6 Å². The van der Waals surface area contributed by atoms with Gasteiger partial charge in [-0.25, -0.2) is 4.39 Å². The summed E-state index contributed by atoms with van der Waals surface area (Å²) >= 11 is 0. The summed E-state index contributed by atoms with van der Waals surface area (Å²) < 4.78 is 73.4. The van der Waals surface area contributed by atoms with E-state index in [1.807, 2.05) is 0 Å². The van der Waals surface area contributed by atoms with E-state index in [-0.39, 0.29) is 0 Å². The molecule has 9 heteroatoms. The fraction of sp³-hybridized carbons (Fsp3) is 0.538. The fourth-order valence-electron chi connectivity index (χ4n) is 1.74. The highest BCUT2D eigenvalue weighted by atomic mass is 28.4. The molecular weight excluding hydrogens is 327 g/mol. The molecule has 2 unspecified atom stereocenters. The van der Waals surface area contributed by atoms with Crippen molar-refractivity contribution in [2.24, 2.45) is 0 Å². The molecule has 1 N–H and O–H groups in total. The van der Waals surface area contributed by atoms with Gasteiger partial charge in [-0.15, -0.1) is 0 Å². The number of rotatable bonds is 7. The lowest BCUT2D eigenvalue weighted by molar-refractivity contribution is -0.319. The number of hydrogen-bond donors (Lipinski definition) is 1. The molecule has 2 atom stereocenters. The first kappa shape index (κ1) is 19.0. The number of hydrogen-bond acceptors (Lipinski definition) is 3. The monoisotopic (exact) mass is 344 g/mol. The molecule has 0 fully saturated rings. The SMILES string of the molecule is CC(C)O[Si](O)(Cc1ccccc1)OC(F)(CF)C(F)(F)F. The maximum Gasteiger partial charge on any atom is 0.505 e. The molecule has 0 aliphatic carbocycles. The van der Waals surface area contributed by atoms with Gasteiger partial charge >= 0.3 is 20.8 Å². The highest BCUT2D eigenvalue weighted by Gasteiger charge is 2.63. The molecular formula is C13H17F5O3Si. The normalized spacial score (nSPS) is 18.0. The van der Waals surface area contributed by atoms with Crippen LogP contribution in [-0.2, 0) is 14.9 Å². The predicted octanol–water partition coefficient (Wildman–Crippen LogP) is 3.34. The van der Waals surface area contributed by atoms with Crippen molar-refractivity contribution in [2.45, 2.75) is 38.0 Å². The molecule has 0 aliphatic rings. The minimum atomic E-state index is -5.63. The Hall–Kier alpha value is -1.03. The summed E-state index contributed by atoms with van der Waals surface area (Å²) in [7, 11) is -4.65. The zero-order valence-corrected chi connectivity index (χ0v) is 13.0. The minimum Gasteiger partial charge on any atom is -0.389 e. The third-order valence-corrected chi connectivity index (χ3v) is 4.94. The predicted molar refractivity (Wildman–Crippen MR) is 71.3 cm³/mol. The Kier molecular flexibility index (Phi) is 6.08. The highest BCUT2D eigenvalue weighted by Crippen LogP contribution is 2.38. The van der Waals surface area contributed by atoms with E-state index in [1.54, 1.807) is 18.2 Å². The summed E-state index contributed by atoms with van der Waals surface area (Å²) in [6, 6.07) is 7.38. The van der Waals surface area contributed by atoms with E-state index in [4.69, 9.17) is 4.43 Å². The molecule has 1 aromatic carbocycles. The van der Waals surface area contributed by atoms with Crippen LogP contribution in [0.3, 0.4) is 0 Å². The molecule has 1 rings (SSSR count). The van der Waals surface area contributed by atoms with Gasteiger partial charge in [-0.3, -0.25) is 0 Å². The lowest BCUT2D eigenvalue weighted by Gasteiger charge is -2.34. The zero-order chi connectivity index (χ0) is 17.0. The molecule has 0 saturated carbocycles. The summed E-state index contributed by atoms with van der Waals surface area (Å²) in [5.41, 5.74) is 0.390. The second kappa shape index (κ2) is 7.03. The van der Waals surface area contributed by atoms with Gasteiger partial charge in [0, 0.05) is 12.1 Å². The first-order chi connectivity index (χ1) is 10.0. The van der Waals surface area contributed by atoms with Gasteiger partial charge in [0.1, 0.15) is 0 Å². The average molecular weight is 344 g/mol. The van der Waals surface area contributed by atoms with Crippen molar-refractivity contribution in [1.82, 2.24) is 0 Å². The third-order valence-electron chi connectivity index (χ3n) is 2.61. The molecule has 0 aliphatic heterocycles. The van der Waals surface area contributed by atoms with Crippen LogP contribution in [0.5, 0.6) is 0 Å². The van der Waals surface area contributed by atoms with Crippen LogP contribution in [0.15, 0.2) is 30.3 Å². The van der Waals surface area contributed by atoms with E-state index in [0.717, 1.165) is 0 Å². The minimum absolute atomic E-state index is 0.390. The van der Waals surface area contributed by atoms with Crippen molar-refractivity contribution in [3.05, 3.63) is 35.9 Å². The van der Waals surface area contributed by atoms with E-state index < -0.39 is 39.7 Å². The van der Waals surface area contributed by atoms with Gasteiger partial charge in [0.15, 0.2) is 6.67 Å². The Morgan fingerprint density at radius 3 is 2.09 bits per heavy atom. The lowest BCUT2D eigenvalue weighted by Crippen LogP contribution is -2.58. The largest absolute Gasteiger partial charge is 0.505 e. The molecule has 0 saturated heterocycles. The van der Waals surface area contributed by atoms with Crippen molar-refractivity contribution < 1.29 is 35.6 Å². The second-order valence-electron chi connectivity index (χ2n) is 5.00. The smallest absolute Gasteiger partial charge is 0.389 e. The lowest BCUT2D eigenvalue weighted by atomic mass is 10.2. The molecule has 0 radical (unpaired) electrons. The van der Waals surface area contributed by atoms with Crippen LogP contribution >= 0.6 is 0 Å². The fourth-order valence-corrected chi connectivity index (χ4v) is 4.11. The van der Waals surface area contributed by atoms with Gasteiger partial charge in [0.2, 0.25) is 0 Å². The summed E-state index contributed by atoms with van der Waals surface area (Å²) in [6.45, 7) is 0.409. The first-order valence-electron chi connectivity index (χ1n) is 6.47. The summed E-state index contributed by atoms with van der Waals surface area (Å²) in [4.78, 5) is 10.3. The van der Waals surface area contributed by atoms with Gasteiger partial charge < -0.3 is 13.6 Å². The topological polar surface area (TPSA) is 38.7 Å². The van der Waals surface area contributed by atoms with Gasteiger partial charge in [-0.1, -0.05) is 30.3 Å². The number of alkyl halides is 5. The maximum absolute atomic E-state index is 13.7. The van der Waals surface area contributed by atoms with Crippen molar-refractivity contribution >= 4 is 8.80 Å². The van der Waals surface area contributed by atoms with Crippen LogP contribution in [0.1, 0.15) is 19.4 Å². The Labute approximate surface area is 126 Å². The van der Waals surface area contributed by atoms with E-state index in [9.17, 15) is 26.7 Å². The van der Waals surface area contributed by atoms with Gasteiger partial charge in [0.05, 0.1) is 0 Å². The van der Waals surface area contributed by atoms with Gasteiger partial charge in [0.25, 0.3) is 0 Å². The molecule has 0 aromatic heterocycles. The molecule has 0 heterocycles. The van der Waals surface area contributed by atoms with Crippen LogP contribution in [-0.4, -0.2) is 38.4 Å². The van der Waals surface area contributed by atoms with Crippen LogP contribution < -0.4 is 0 Å². The van der Waals surface area contributed by atoms with Crippen LogP contribution in [0, 0.1) is 0 Å². The molecule has 0 amide bonds. The standard InChI is InChI=1S/C13H17F5O3Si/c1-10(2)20-22(19,8-11-6-4-3-5-7-11)21-12(15,9-14)13(16,17)18/h3-7,10,19H,8-9H2,1-2H3. The Balaban J connectivity index is 3.06. The average Bonchev–Trinajstić information content (AvgIpc) is 2.36. The summed E-state index contributed by atoms with van der Waals surface area (Å²) in [5, 5.41) is 0. The first-order valence-corrected chi connectivity index (χ1v) is 8.44. The number of benzene rings is 1. The highest BCUT2D eigenvalue weighted by molar-refractivity contribution is 6.58. The van der Waals surface area contributed by atoms with Crippen molar-refractivity contribution in [1.29, 1.82) is 0 Å². The van der Waals surface area contributed by atoms with Crippen molar-refractivity contribution in [3.8, 4) is 0 Å². The third kappa shape index (κ3) is 5.01. The van der Waals surface area contributed by atoms with Crippen LogP contribution in [0.25, 0.3) is 0 Å². The van der Waals surface area contributed by atoms with E-state index >= 15 is 0 Å². The molecule has 3 nitrogen and oxygen atoms in total. The van der Waals surface area contributed by atoms with Crippen LogP contribution in [0.2, 0.25) is 0 Å². The van der Waals surface area contributed by atoms with E-state index in [0.29, 0.717) is 5.56 Å². The molecule has 1 aromatic rings. The number of halogens is 5. The maximum atomic E-state index is 13.7. The van der Waals surface area contributed by atoms with Gasteiger partial charge in [-0.05, 0) is 19.4 Å². The van der Waals surface area contributed by atoms with Crippen LogP contribution in [0.4, 0.5) is 22.0 Å². The summed E-state index contributed by atoms with van der Waals surface area (Å²) in [6.07, 6.45) is -6.35. The Bertz CT molecular complexity index is 470. The van der Waals surface area contributed by atoms with Crippen molar-refractivity contribution in [2.75, 3.05) is 6.67 Å². The van der Waals surface area contributed by atoms with Crippen molar-refractivity contribution in [3.63, 3.8) is 0 Å². The Morgan fingerprint density at radius 1 is 1.14 bits per heavy atom. The van der Waals surface area contributed by atoms with E-state index in [2.05, 4.69) is 4.43 Å². The quantitative estimate of drug-likeness (QED) is 0.609. The second-order valence-corrected chi connectivity index (χ2v) is 7.22. The summed E-state index contributed by atoms with van der Waals surface area (Å²) in [5.74, 6) is -4.60. The van der Waals surface area contributed by atoms with E-state index in [1.165, 1.54) is 26.0 Å². The molecule has 126 valence electrons. The molecule has 0 spiro atoms. The Morgan fingerprint density at radius 2 is 1.68 bits per heavy atom. The molecule has 22 heavy (non-hydrogen) atoms. The zero-order valence-electron chi connectivity index (χ0n) is 12.0.